The van der Waals surface area contributed by atoms with E-state index in [9.17, 15) is 4.79 Å². The fourth-order valence-electron chi connectivity index (χ4n) is 2.88. The summed E-state index contributed by atoms with van der Waals surface area (Å²) in [6, 6.07) is 9.64. The molecule has 0 spiro atoms. The highest BCUT2D eigenvalue weighted by molar-refractivity contribution is 7.99. The highest BCUT2D eigenvalue weighted by atomic mass is 32.2. The lowest BCUT2D eigenvalue weighted by Crippen LogP contribution is -2.13. The number of nitriles is 1. The molecule has 3 aromatic rings. The van der Waals surface area contributed by atoms with E-state index in [-0.39, 0.29) is 11.7 Å². The van der Waals surface area contributed by atoms with E-state index in [0.717, 1.165) is 11.3 Å². The Bertz CT molecular complexity index is 1010. The van der Waals surface area contributed by atoms with Gasteiger partial charge in [-0.05, 0) is 44.0 Å². The van der Waals surface area contributed by atoms with E-state index < -0.39 is 0 Å². The van der Waals surface area contributed by atoms with Crippen molar-refractivity contribution in [1.29, 1.82) is 5.26 Å². The third-order valence-corrected chi connectivity index (χ3v) is 5.58. The molecule has 0 fully saturated rings. The Hall–Kier alpha value is -2.69. The van der Waals surface area contributed by atoms with Gasteiger partial charge in [-0.2, -0.15) is 5.26 Å². The number of benzene rings is 1. The number of nitrogens with zero attached hydrogens (tertiary/aromatic N) is 3. The number of anilines is 1. The zero-order valence-electron chi connectivity index (χ0n) is 15.2. The van der Waals surface area contributed by atoms with Crippen LogP contribution in [0.2, 0.25) is 0 Å². The van der Waals surface area contributed by atoms with Gasteiger partial charge in [-0.3, -0.25) is 4.79 Å². The van der Waals surface area contributed by atoms with Crippen molar-refractivity contribution in [2.75, 3.05) is 11.1 Å². The summed E-state index contributed by atoms with van der Waals surface area (Å²) >= 11 is 2.70. The number of aryl methyl sites for hydroxylation is 3. The molecule has 27 heavy (non-hydrogen) atoms. The highest BCUT2D eigenvalue weighted by Crippen LogP contribution is 2.31. The molecule has 0 bridgehead atoms. The first-order chi connectivity index (χ1) is 13.0. The Morgan fingerprint density at radius 2 is 2.00 bits per heavy atom. The van der Waals surface area contributed by atoms with Crippen molar-refractivity contribution < 1.29 is 4.79 Å². The molecule has 2 heterocycles. The number of carbonyl (C=O) groups is 1. The molecule has 0 radical (unpaired) electrons. The maximum atomic E-state index is 12.2. The number of thiazole rings is 1. The van der Waals surface area contributed by atoms with Crippen LogP contribution in [0.4, 0.5) is 5.13 Å². The lowest BCUT2D eigenvalue weighted by Gasteiger charge is -2.08. The Balaban J connectivity index is 1.65. The van der Waals surface area contributed by atoms with Crippen LogP contribution in [0.15, 0.2) is 40.9 Å². The number of thioether (sulfide) groups is 1. The first-order valence-corrected chi connectivity index (χ1v) is 10.2. The smallest absolute Gasteiger partial charge is 0.236 e. The average molecular weight is 395 g/mol. The molecule has 1 N–H and O–H groups in total. The Morgan fingerprint density at radius 1 is 1.26 bits per heavy atom. The first kappa shape index (κ1) is 19.1. The van der Waals surface area contributed by atoms with Gasteiger partial charge in [-0.15, -0.1) is 11.3 Å². The van der Waals surface area contributed by atoms with E-state index in [0.29, 0.717) is 15.7 Å². The standard InChI is InChI=1S/C20H18N4OS2/c1-12-6-13(2)19(14(3)7-12)16-10-27-20(23-16)24-17(25)11-26-18-8-15(9-21)4-5-22-18/h4-8,10H,11H2,1-3H3,(H,23,24,25). The van der Waals surface area contributed by atoms with Gasteiger partial charge < -0.3 is 5.32 Å². The summed E-state index contributed by atoms with van der Waals surface area (Å²) in [6.45, 7) is 6.23. The number of hydrogen-bond donors (Lipinski definition) is 1. The van der Waals surface area contributed by atoms with Crippen LogP contribution in [0.3, 0.4) is 0 Å². The van der Waals surface area contributed by atoms with Crippen molar-refractivity contribution in [2.24, 2.45) is 0 Å². The lowest BCUT2D eigenvalue weighted by atomic mass is 9.98. The summed E-state index contributed by atoms with van der Waals surface area (Å²) in [6.07, 6.45) is 1.57. The molecule has 1 amide bonds. The fraction of sp³-hybridized carbons (Fsp3) is 0.200. The van der Waals surface area contributed by atoms with Crippen molar-refractivity contribution in [1.82, 2.24) is 9.97 Å². The van der Waals surface area contributed by atoms with Gasteiger partial charge in [0.25, 0.3) is 0 Å². The fourth-order valence-corrected chi connectivity index (χ4v) is 4.30. The molecule has 0 aliphatic heterocycles. The van der Waals surface area contributed by atoms with Gasteiger partial charge in [0.2, 0.25) is 5.91 Å². The summed E-state index contributed by atoms with van der Waals surface area (Å²) in [5.74, 6) is 0.0572. The summed E-state index contributed by atoms with van der Waals surface area (Å²) < 4.78 is 0. The third-order valence-electron chi connectivity index (χ3n) is 3.90. The minimum atomic E-state index is -0.151. The molecule has 1 aromatic carbocycles. The maximum Gasteiger partial charge on any atom is 0.236 e. The van der Waals surface area contributed by atoms with Crippen LogP contribution < -0.4 is 5.32 Å². The number of amides is 1. The van der Waals surface area contributed by atoms with Gasteiger partial charge >= 0.3 is 0 Å². The maximum absolute atomic E-state index is 12.2. The summed E-state index contributed by atoms with van der Waals surface area (Å²) in [7, 11) is 0. The number of carbonyl (C=O) groups excluding carboxylic acids is 1. The number of aromatic nitrogens is 2. The quantitative estimate of drug-likeness (QED) is 0.633. The number of rotatable bonds is 5. The second-order valence-corrected chi connectivity index (χ2v) is 8.00. The molecule has 0 saturated carbocycles. The van der Waals surface area contributed by atoms with Crippen molar-refractivity contribution in [3.05, 3.63) is 58.1 Å². The van der Waals surface area contributed by atoms with Crippen LogP contribution >= 0.6 is 23.1 Å². The van der Waals surface area contributed by atoms with Crippen LogP contribution in [0, 0.1) is 32.1 Å². The summed E-state index contributed by atoms with van der Waals surface area (Å²) in [4.78, 5) is 20.9. The van der Waals surface area contributed by atoms with Crippen LogP contribution in [-0.2, 0) is 4.79 Å². The minimum Gasteiger partial charge on any atom is -0.301 e. The van der Waals surface area contributed by atoms with Crippen molar-refractivity contribution in [3.8, 4) is 17.3 Å². The molecule has 0 unspecified atom stereocenters. The molecule has 7 heteroatoms. The number of nitrogens with one attached hydrogen (secondary N) is 1. The number of hydrogen-bond acceptors (Lipinski definition) is 6. The Morgan fingerprint density at radius 3 is 2.70 bits per heavy atom. The van der Waals surface area contributed by atoms with E-state index in [1.54, 1.807) is 18.3 Å². The summed E-state index contributed by atoms with van der Waals surface area (Å²) in [5, 5.41) is 14.9. The van der Waals surface area contributed by atoms with E-state index in [1.165, 1.54) is 39.8 Å². The SMILES string of the molecule is Cc1cc(C)c(-c2csc(NC(=O)CSc3cc(C#N)ccn3)n2)c(C)c1. The first-order valence-electron chi connectivity index (χ1n) is 8.29. The molecule has 3 rings (SSSR count). The predicted molar refractivity (Wildman–Crippen MR) is 110 cm³/mol. The minimum absolute atomic E-state index is 0.151. The monoisotopic (exact) mass is 394 g/mol. The zero-order valence-corrected chi connectivity index (χ0v) is 16.9. The second kappa shape index (κ2) is 8.33. The van der Waals surface area contributed by atoms with Gasteiger partial charge in [0, 0.05) is 17.1 Å². The molecule has 0 aliphatic carbocycles. The van der Waals surface area contributed by atoms with Gasteiger partial charge in [0.1, 0.15) is 0 Å². The second-order valence-electron chi connectivity index (χ2n) is 6.14. The van der Waals surface area contributed by atoms with E-state index >= 15 is 0 Å². The average Bonchev–Trinajstić information content (AvgIpc) is 3.07. The van der Waals surface area contributed by atoms with Crippen molar-refractivity contribution >= 4 is 34.1 Å². The molecule has 2 aromatic heterocycles. The third kappa shape index (κ3) is 4.73. The van der Waals surface area contributed by atoms with Crippen LogP contribution in [0.5, 0.6) is 0 Å². The molecule has 0 saturated heterocycles. The van der Waals surface area contributed by atoms with Crippen LogP contribution in [-0.4, -0.2) is 21.6 Å². The zero-order chi connectivity index (χ0) is 19.4. The topological polar surface area (TPSA) is 78.7 Å². The van der Waals surface area contributed by atoms with Gasteiger partial charge in [-0.25, -0.2) is 9.97 Å². The van der Waals surface area contributed by atoms with E-state index in [1.807, 2.05) is 5.38 Å². The molecule has 0 aliphatic rings. The molecular formula is C20H18N4OS2. The van der Waals surface area contributed by atoms with E-state index in [4.69, 9.17) is 5.26 Å². The van der Waals surface area contributed by atoms with Gasteiger partial charge in [-0.1, -0.05) is 29.5 Å². The van der Waals surface area contributed by atoms with Crippen LogP contribution in [0.25, 0.3) is 11.3 Å². The van der Waals surface area contributed by atoms with E-state index in [2.05, 4.69) is 54.3 Å². The van der Waals surface area contributed by atoms with Gasteiger partial charge in [0.05, 0.1) is 28.1 Å². The Labute approximate surface area is 166 Å². The number of pyridine rings is 1. The van der Waals surface area contributed by atoms with Crippen LogP contribution in [0.1, 0.15) is 22.3 Å². The normalized spacial score (nSPS) is 10.4. The molecular weight excluding hydrogens is 376 g/mol. The summed E-state index contributed by atoms with van der Waals surface area (Å²) in [5.41, 5.74) is 6.10. The largest absolute Gasteiger partial charge is 0.301 e. The van der Waals surface area contributed by atoms with Crippen molar-refractivity contribution in [3.63, 3.8) is 0 Å². The molecule has 136 valence electrons. The lowest BCUT2D eigenvalue weighted by molar-refractivity contribution is -0.113. The van der Waals surface area contributed by atoms with Gasteiger partial charge in [0.15, 0.2) is 5.13 Å². The molecule has 5 nitrogen and oxygen atoms in total. The Kier molecular flexibility index (Phi) is 5.89. The predicted octanol–water partition coefficient (Wildman–Crippen LogP) is 4.73. The van der Waals surface area contributed by atoms with Crippen molar-refractivity contribution in [2.45, 2.75) is 25.8 Å². The molecule has 0 atom stereocenters. The highest BCUT2D eigenvalue weighted by Gasteiger charge is 2.13.